The molecule has 9 aromatic carbocycles. The molecule has 280 valence electrons. The molecule has 0 heterocycles. The zero-order valence-corrected chi connectivity index (χ0v) is 32.9. The Morgan fingerprint density at radius 3 is 1.36 bits per heavy atom. The fraction of sp³-hybridized carbons (Fsp3) is 0. The van der Waals surface area contributed by atoms with Gasteiger partial charge in [0.05, 0.1) is 5.69 Å². The molecule has 0 fully saturated rings. The van der Waals surface area contributed by atoms with E-state index in [2.05, 4.69) is 236 Å². The highest BCUT2D eigenvalue weighted by atomic mass is 15.1. The molecule has 0 saturated carbocycles. The van der Waals surface area contributed by atoms with Gasteiger partial charge in [0.1, 0.15) is 0 Å². The molecular formula is C58H43N. The molecule has 0 aliphatic carbocycles. The lowest BCUT2D eigenvalue weighted by Gasteiger charge is -2.29. The van der Waals surface area contributed by atoms with Gasteiger partial charge in [0.15, 0.2) is 0 Å². The summed E-state index contributed by atoms with van der Waals surface area (Å²) in [4.78, 5) is 2.42. The second kappa shape index (κ2) is 16.8. The van der Waals surface area contributed by atoms with Gasteiger partial charge >= 0.3 is 0 Å². The Balaban J connectivity index is 1.23. The molecule has 0 saturated heterocycles. The molecule has 0 N–H and O–H groups in total. The van der Waals surface area contributed by atoms with Crippen LogP contribution in [0.2, 0.25) is 0 Å². The normalized spacial score (nSPS) is 11.3. The van der Waals surface area contributed by atoms with Crippen LogP contribution in [0.3, 0.4) is 0 Å². The maximum atomic E-state index is 4.02. The summed E-state index contributed by atoms with van der Waals surface area (Å²) in [6.07, 6.45) is 5.67. The maximum Gasteiger partial charge on any atom is 0.0540 e. The van der Waals surface area contributed by atoms with E-state index in [1.54, 1.807) is 6.08 Å². The first-order valence-electron chi connectivity index (χ1n) is 20.1. The number of hydrogen-bond acceptors (Lipinski definition) is 1. The molecule has 0 aliphatic rings. The third kappa shape index (κ3) is 7.58. The Bertz CT molecular complexity index is 2920. The average Bonchev–Trinajstić information content (AvgIpc) is 3.32. The van der Waals surface area contributed by atoms with E-state index in [-0.39, 0.29) is 0 Å². The van der Waals surface area contributed by atoms with Crippen molar-refractivity contribution in [3.63, 3.8) is 0 Å². The predicted molar refractivity (Wildman–Crippen MR) is 254 cm³/mol. The lowest BCUT2D eigenvalue weighted by atomic mass is 9.91. The standard InChI is InChI=1S/C58H43N/c1-3-17-42(4-2)44-28-32-49(33-29-44)53-38-36-51(40-56(53)47-20-10-6-11-21-47)59(58-27-16-25-46-24-14-15-26-55(46)58)52-37-39-54(57(41-52)48-22-12-7-13-23-48)50-34-30-45(31-35-50)43-18-8-5-9-19-43/h3-41H,1-2H2/b42-17+. The number of rotatable bonds is 11. The molecule has 0 aliphatic heterocycles. The topological polar surface area (TPSA) is 3.24 Å². The third-order valence-electron chi connectivity index (χ3n) is 11.0. The van der Waals surface area contributed by atoms with Crippen LogP contribution in [-0.2, 0) is 0 Å². The van der Waals surface area contributed by atoms with Crippen LogP contribution >= 0.6 is 0 Å². The summed E-state index contributed by atoms with van der Waals surface area (Å²) in [6.45, 7) is 7.91. The smallest absolute Gasteiger partial charge is 0.0540 e. The second-order valence-electron chi connectivity index (χ2n) is 14.6. The molecule has 0 aromatic heterocycles. The van der Waals surface area contributed by atoms with E-state index < -0.39 is 0 Å². The summed E-state index contributed by atoms with van der Waals surface area (Å²) in [5, 5.41) is 2.38. The van der Waals surface area contributed by atoms with E-state index in [0.717, 1.165) is 50.5 Å². The van der Waals surface area contributed by atoms with Crippen molar-refractivity contribution in [3.05, 3.63) is 255 Å². The monoisotopic (exact) mass is 753 g/mol. The quantitative estimate of drug-likeness (QED) is 0.119. The van der Waals surface area contributed by atoms with Gasteiger partial charge in [-0.3, -0.25) is 0 Å². The molecule has 59 heavy (non-hydrogen) atoms. The first kappa shape index (κ1) is 36.9. The number of benzene rings is 9. The van der Waals surface area contributed by atoms with Crippen LogP contribution in [0.1, 0.15) is 5.56 Å². The molecule has 0 amide bonds. The SMILES string of the molecule is C=C/C=C(\C=C)c1ccc(-c2ccc(N(c3ccc(-c4ccc(-c5ccccc5)cc4)c(-c4ccccc4)c3)c3cccc4ccccc34)cc2-c2ccccc2)cc1. The second-order valence-corrected chi connectivity index (χ2v) is 14.6. The Morgan fingerprint density at radius 1 is 0.373 bits per heavy atom. The fourth-order valence-corrected chi connectivity index (χ4v) is 8.11. The number of fused-ring (bicyclic) bond motifs is 1. The van der Waals surface area contributed by atoms with Gasteiger partial charge in [-0.15, -0.1) is 0 Å². The molecule has 9 aromatic rings. The van der Waals surface area contributed by atoms with Gasteiger partial charge in [-0.25, -0.2) is 0 Å². The zero-order valence-electron chi connectivity index (χ0n) is 32.9. The zero-order chi connectivity index (χ0) is 40.0. The van der Waals surface area contributed by atoms with E-state index in [1.807, 2.05) is 12.2 Å². The molecule has 1 heteroatoms. The lowest BCUT2D eigenvalue weighted by molar-refractivity contribution is 1.30. The van der Waals surface area contributed by atoms with Gasteiger partial charge < -0.3 is 4.90 Å². The van der Waals surface area contributed by atoms with Crippen molar-refractivity contribution in [2.75, 3.05) is 4.90 Å². The van der Waals surface area contributed by atoms with Crippen molar-refractivity contribution in [3.8, 4) is 55.6 Å². The molecule has 0 bridgehead atoms. The van der Waals surface area contributed by atoms with Crippen LogP contribution in [0.25, 0.3) is 72.0 Å². The summed E-state index contributed by atoms with van der Waals surface area (Å²) in [7, 11) is 0. The van der Waals surface area contributed by atoms with Gasteiger partial charge in [-0.1, -0.05) is 219 Å². The molecular weight excluding hydrogens is 711 g/mol. The van der Waals surface area contributed by atoms with E-state index in [0.29, 0.717) is 0 Å². The van der Waals surface area contributed by atoms with Gasteiger partial charge in [-0.05, 0) is 102 Å². The van der Waals surface area contributed by atoms with E-state index in [1.165, 1.54) is 44.2 Å². The van der Waals surface area contributed by atoms with Crippen LogP contribution < -0.4 is 4.90 Å². The Labute approximate surface area is 347 Å². The highest BCUT2D eigenvalue weighted by Gasteiger charge is 2.20. The number of hydrogen-bond donors (Lipinski definition) is 0. The summed E-state index contributed by atoms with van der Waals surface area (Å²) in [5.41, 5.74) is 17.1. The van der Waals surface area contributed by atoms with Crippen LogP contribution in [0, 0.1) is 0 Å². The number of anilines is 3. The fourth-order valence-electron chi connectivity index (χ4n) is 8.11. The molecule has 0 spiro atoms. The highest BCUT2D eigenvalue weighted by Crippen LogP contribution is 2.45. The van der Waals surface area contributed by atoms with Gasteiger partial charge in [0.25, 0.3) is 0 Å². The van der Waals surface area contributed by atoms with E-state index in [4.69, 9.17) is 0 Å². The van der Waals surface area contributed by atoms with Crippen molar-refractivity contribution in [2.24, 2.45) is 0 Å². The molecule has 0 atom stereocenters. The largest absolute Gasteiger partial charge is 0.310 e. The van der Waals surface area contributed by atoms with Crippen LogP contribution in [0.4, 0.5) is 17.1 Å². The van der Waals surface area contributed by atoms with Crippen LogP contribution in [-0.4, -0.2) is 0 Å². The van der Waals surface area contributed by atoms with Gasteiger partial charge in [0, 0.05) is 16.8 Å². The maximum absolute atomic E-state index is 4.02. The Morgan fingerprint density at radius 2 is 0.814 bits per heavy atom. The summed E-state index contributed by atoms with van der Waals surface area (Å²) in [6, 6.07) is 78.8. The van der Waals surface area contributed by atoms with Crippen molar-refractivity contribution in [1.82, 2.24) is 0 Å². The summed E-state index contributed by atoms with van der Waals surface area (Å²) in [5.74, 6) is 0. The number of nitrogens with zero attached hydrogens (tertiary/aromatic N) is 1. The van der Waals surface area contributed by atoms with Crippen molar-refractivity contribution in [1.29, 1.82) is 0 Å². The van der Waals surface area contributed by atoms with Gasteiger partial charge in [-0.2, -0.15) is 0 Å². The molecule has 0 unspecified atom stereocenters. The van der Waals surface area contributed by atoms with Crippen molar-refractivity contribution in [2.45, 2.75) is 0 Å². The molecule has 1 nitrogen and oxygen atoms in total. The van der Waals surface area contributed by atoms with Crippen LogP contribution in [0.15, 0.2) is 250 Å². The van der Waals surface area contributed by atoms with Crippen molar-refractivity contribution >= 4 is 33.4 Å². The first-order chi connectivity index (χ1) is 29.2. The summed E-state index contributed by atoms with van der Waals surface area (Å²) < 4.78 is 0. The highest BCUT2D eigenvalue weighted by molar-refractivity contribution is 6.01. The van der Waals surface area contributed by atoms with E-state index in [9.17, 15) is 0 Å². The Hall–Kier alpha value is -7.74. The van der Waals surface area contributed by atoms with Gasteiger partial charge in [0.2, 0.25) is 0 Å². The average molecular weight is 754 g/mol. The van der Waals surface area contributed by atoms with E-state index >= 15 is 0 Å². The molecule has 9 rings (SSSR count). The summed E-state index contributed by atoms with van der Waals surface area (Å²) >= 11 is 0. The number of allylic oxidation sites excluding steroid dienone is 4. The molecule has 0 radical (unpaired) electrons. The minimum atomic E-state index is 1.04. The minimum absolute atomic E-state index is 1.04. The predicted octanol–water partition coefficient (Wildman–Crippen LogP) is 16.4. The third-order valence-corrected chi connectivity index (χ3v) is 11.0. The van der Waals surface area contributed by atoms with Crippen molar-refractivity contribution < 1.29 is 0 Å². The van der Waals surface area contributed by atoms with Crippen LogP contribution in [0.5, 0.6) is 0 Å². The Kier molecular flexibility index (Phi) is 10.5. The first-order valence-corrected chi connectivity index (χ1v) is 20.1. The lowest BCUT2D eigenvalue weighted by Crippen LogP contribution is -2.11. The minimum Gasteiger partial charge on any atom is -0.310 e.